The first kappa shape index (κ1) is 16.3. The van der Waals surface area contributed by atoms with Gasteiger partial charge in [0.1, 0.15) is 5.75 Å². The molecular formula is C21H19N3O3S. The summed E-state index contributed by atoms with van der Waals surface area (Å²) in [4.78, 5) is 19.7. The lowest BCUT2D eigenvalue weighted by Gasteiger charge is -2.54. The zero-order chi connectivity index (χ0) is 18.7. The Balaban J connectivity index is 1.20. The fourth-order valence-corrected chi connectivity index (χ4v) is 5.08. The molecule has 1 amide bonds. The van der Waals surface area contributed by atoms with Gasteiger partial charge in [-0.1, -0.05) is 11.3 Å². The van der Waals surface area contributed by atoms with Crippen molar-refractivity contribution in [2.75, 3.05) is 43.1 Å². The van der Waals surface area contributed by atoms with Gasteiger partial charge in [-0.2, -0.15) is 0 Å². The number of thiazole rings is 1. The Labute approximate surface area is 166 Å². The summed E-state index contributed by atoms with van der Waals surface area (Å²) in [6.45, 7) is 4.49. The molecule has 4 heterocycles. The molecule has 142 valence electrons. The average Bonchev–Trinajstić information content (AvgIpc) is 3.24. The summed E-state index contributed by atoms with van der Waals surface area (Å²) in [7, 11) is 0. The summed E-state index contributed by atoms with van der Waals surface area (Å²) in [5.74, 6) is 0.772. The van der Waals surface area contributed by atoms with Crippen molar-refractivity contribution in [2.24, 2.45) is 5.41 Å². The van der Waals surface area contributed by atoms with Crippen molar-refractivity contribution in [2.45, 2.75) is 6.42 Å². The summed E-state index contributed by atoms with van der Waals surface area (Å²) in [6, 6.07) is 11.5. The summed E-state index contributed by atoms with van der Waals surface area (Å²) in [5.41, 5.74) is 3.80. The molecule has 0 aliphatic carbocycles. The van der Waals surface area contributed by atoms with Crippen LogP contribution < -0.4 is 15.0 Å². The predicted molar refractivity (Wildman–Crippen MR) is 109 cm³/mol. The van der Waals surface area contributed by atoms with Gasteiger partial charge in [0.2, 0.25) is 0 Å². The van der Waals surface area contributed by atoms with Crippen LogP contribution in [0, 0.1) is 5.41 Å². The van der Waals surface area contributed by atoms with Crippen molar-refractivity contribution >= 4 is 38.3 Å². The van der Waals surface area contributed by atoms with Crippen molar-refractivity contribution in [3.8, 4) is 5.75 Å². The summed E-state index contributed by atoms with van der Waals surface area (Å²) in [6.07, 6.45) is 0.855. The first-order valence-corrected chi connectivity index (χ1v) is 10.3. The van der Waals surface area contributed by atoms with Gasteiger partial charge >= 0.3 is 0 Å². The average molecular weight is 393 g/mol. The first-order chi connectivity index (χ1) is 13.7. The van der Waals surface area contributed by atoms with E-state index in [1.807, 2.05) is 36.4 Å². The van der Waals surface area contributed by atoms with E-state index in [1.54, 1.807) is 11.3 Å². The van der Waals surface area contributed by atoms with Gasteiger partial charge in [0.25, 0.3) is 5.91 Å². The van der Waals surface area contributed by atoms with Gasteiger partial charge in [0.05, 0.1) is 35.5 Å². The zero-order valence-corrected chi connectivity index (χ0v) is 16.1. The third-order valence-electron chi connectivity index (χ3n) is 5.73. The van der Waals surface area contributed by atoms with E-state index in [0.717, 1.165) is 65.1 Å². The van der Waals surface area contributed by atoms with Gasteiger partial charge in [-0.3, -0.25) is 4.79 Å². The molecule has 0 atom stereocenters. The van der Waals surface area contributed by atoms with Gasteiger partial charge in [0.15, 0.2) is 5.13 Å². The fourth-order valence-electron chi connectivity index (χ4n) is 4.13. The number of fused-ring (bicyclic) bond motifs is 2. The maximum Gasteiger partial charge on any atom is 0.255 e. The number of carbonyl (C=O) groups excluding carboxylic acids is 1. The van der Waals surface area contributed by atoms with Crippen LogP contribution in [0.15, 0.2) is 36.4 Å². The molecule has 0 bridgehead atoms. The molecular weight excluding hydrogens is 374 g/mol. The molecule has 2 aromatic carbocycles. The SMILES string of the molecule is O=C(Nc1ccc2sc(N3CC4(COC4)C3)nc2c1)c1ccc2c(c1)CCO2. The van der Waals surface area contributed by atoms with Crippen molar-refractivity contribution in [3.05, 3.63) is 47.5 Å². The topological polar surface area (TPSA) is 63.7 Å². The monoisotopic (exact) mass is 393 g/mol. The summed E-state index contributed by atoms with van der Waals surface area (Å²) >= 11 is 1.70. The maximum absolute atomic E-state index is 12.6. The van der Waals surface area contributed by atoms with E-state index in [1.165, 1.54) is 0 Å². The maximum atomic E-state index is 12.6. The number of carbonyl (C=O) groups is 1. The number of hydrogen-bond acceptors (Lipinski definition) is 6. The van der Waals surface area contributed by atoms with Crippen LogP contribution in [0.3, 0.4) is 0 Å². The van der Waals surface area contributed by atoms with Crippen LogP contribution in [0.5, 0.6) is 5.75 Å². The Morgan fingerprint density at radius 1 is 1.18 bits per heavy atom. The van der Waals surface area contributed by atoms with Crippen LogP contribution in [-0.2, 0) is 11.2 Å². The Kier molecular flexibility index (Phi) is 3.46. The molecule has 3 aromatic rings. The van der Waals surface area contributed by atoms with Crippen LogP contribution in [0.2, 0.25) is 0 Å². The number of nitrogens with zero attached hydrogens (tertiary/aromatic N) is 2. The fraction of sp³-hybridized carbons (Fsp3) is 0.333. The molecule has 0 unspecified atom stereocenters. The minimum atomic E-state index is -0.112. The van der Waals surface area contributed by atoms with Crippen molar-refractivity contribution in [1.82, 2.24) is 4.98 Å². The number of aromatic nitrogens is 1. The molecule has 6 nitrogen and oxygen atoms in total. The molecule has 2 fully saturated rings. The normalized spacial score (nSPS) is 19.1. The van der Waals surface area contributed by atoms with E-state index in [-0.39, 0.29) is 5.91 Å². The largest absolute Gasteiger partial charge is 0.493 e. The highest BCUT2D eigenvalue weighted by Crippen LogP contribution is 2.42. The third-order valence-corrected chi connectivity index (χ3v) is 6.82. The smallest absolute Gasteiger partial charge is 0.255 e. The van der Waals surface area contributed by atoms with Crippen molar-refractivity contribution < 1.29 is 14.3 Å². The van der Waals surface area contributed by atoms with Crippen LogP contribution >= 0.6 is 11.3 Å². The first-order valence-electron chi connectivity index (χ1n) is 9.48. The Bertz CT molecular complexity index is 1100. The van der Waals surface area contributed by atoms with Crippen LogP contribution in [0.4, 0.5) is 10.8 Å². The number of amides is 1. The molecule has 1 aromatic heterocycles. The molecule has 6 rings (SSSR count). The quantitative estimate of drug-likeness (QED) is 0.740. The Morgan fingerprint density at radius 3 is 2.89 bits per heavy atom. The highest BCUT2D eigenvalue weighted by molar-refractivity contribution is 7.22. The lowest BCUT2D eigenvalue weighted by Crippen LogP contribution is -2.66. The summed E-state index contributed by atoms with van der Waals surface area (Å²) < 4.78 is 12.0. The highest BCUT2D eigenvalue weighted by atomic mass is 32.1. The zero-order valence-electron chi connectivity index (χ0n) is 15.2. The summed E-state index contributed by atoms with van der Waals surface area (Å²) in [5, 5.41) is 4.04. The van der Waals surface area contributed by atoms with Gasteiger partial charge in [-0.15, -0.1) is 0 Å². The number of hydrogen-bond donors (Lipinski definition) is 1. The van der Waals surface area contributed by atoms with Gasteiger partial charge in [-0.05, 0) is 42.0 Å². The predicted octanol–water partition coefficient (Wildman–Crippen LogP) is 3.32. The lowest BCUT2D eigenvalue weighted by molar-refractivity contribution is -0.127. The van der Waals surface area contributed by atoms with Crippen LogP contribution in [0.1, 0.15) is 15.9 Å². The lowest BCUT2D eigenvalue weighted by atomic mass is 9.78. The van der Waals surface area contributed by atoms with Crippen LogP contribution in [0.25, 0.3) is 10.2 Å². The van der Waals surface area contributed by atoms with E-state index in [2.05, 4.69) is 10.2 Å². The molecule has 7 heteroatoms. The standard InChI is InChI=1S/C21H19N3O3S/c25-19(14-1-3-17-13(7-14)5-6-27-17)22-15-2-4-18-16(8-15)23-20(28-18)24-9-21(10-24)11-26-12-21/h1-4,7-8H,5-6,9-12H2,(H,22,25). The second-order valence-electron chi connectivity index (χ2n) is 7.90. The van der Waals surface area contributed by atoms with Crippen LogP contribution in [-0.4, -0.2) is 43.8 Å². The Morgan fingerprint density at radius 2 is 2.07 bits per heavy atom. The third kappa shape index (κ3) is 2.57. The minimum Gasteiger partial charge on any atom is -0.493 e. The number of anilines is 2. The van der Waals surface area contributed by atoms with E-state index in [9.17, 15) is 4.79 Å². The van der Waals surface area contributed by atoms with Crippen molar-refractivity contribution in [3.63, 3.8) is 0 Å². The van der Waals surface area contributed by atoms with E-state index >= 15 is 0 Å². The second-order valence-corrected chi connectivity index (χ2v) is 8.91. The second kappa shape index (κ2) is 5.93. The number of benzene rings is 2. The molecule has 2 saturated heterocycles. The number of nitrogens with one attached hydrogen (secondary N) is 1. The van der Waals surface area contributed by atoms with Gasteiger partial charge in [-0.25, -0.2) is 4.98 Å². The molecule has 28 heavy (non-hydrogen) atoms. The molecule has 3 aliphatic rings. The molecule has 1 N–H and O–H groups in total. The van der Waals surface area contributed by atoms with Gasteiger partial charge < -0.3 is 19.7 Å². The minimum absolute atomic E-state index is 0.112. The molecule has 0 radical (unpaired) electrons. The van der Waals surface area contributed by atoms with E-state index in [4.69, 9.17) is 14.5 Å². The number of rotatable bonds is 3. The molecule has 1 spiro atoms. The van der Waals surface area contributed by atoms with Crippen molar-refractivity contribution in [1.29, 1.82) is 0 Å². The Hall–Kier alpha value is -2.64. The highest BCUT2D eigenvalue weighted by Gasteiger charge is 2.49. The van der Waals surface area contributed by atoms with Gasteiger partial charge in [0, 0.05) is 30.8 Å². The number of ether oxygens (including phenoxy) is 2. The van der Waals surface area contributed by atoms with E-state index in [0.29, 0.717) is 17.6 Å². The van der Waals surface area contributed by atoms with E-state index < -0.39 is 0 Å². The molecule has 3 aliphatic heterocycles. The molecule has 0 saturated carbocycles.